The summed E-state index contributed by atoms with van der Waals surface area (Å²) in [6, 6.07) is 7.99. The lowest BCUT2D eigenvalue weighted by Gasteiger charge is -2.09. The quantitative estimate of drug-likeness (QED) is 0.550. The van der Waals surface area contributed by atoms with Crippen molar-refractivity contribution in [3.63, 3.8) is 0 Å². The summed E-state index contributed by atoms with van der Waals surface area (Å²) in [5.41, 5.74) is 2.49. The molecular formula is C10H11N5O2S. The average Bonchev–Trinajstić information content (AvgIpc) is 2.39. The molecule has 0 aromatic carbocycles. The van der Waals surface area contributed by atoms with E-state index >= 15 is 0 Å². The van der Waals surface area contributed by atoms with Crippen LogP contribution in [0.1, 0.15) is 0 Å². The molecular weight excluding hydrogens is 254 g/mol. The first-order chi connectivity index (χ1) is 8.63. The van der Waals surface area contributed by atoms with Gasteiger partial charge in [-0.15, -0.1) is 0 Å². The van der Waals surface area contributed by atoms with E-state index in [4.69, 9.17) is 5.84 Å². The maximum atomic E-state index is 12.1. The van der Waals surface area contributed by atoms with Crippen LogP contribution in [0.2, 0.25) is 0 Å². The molecule has 0 aliphatic carbocycles. The van der Waals surface area contributed by atoms with Crippen molar-refractivity contribution in [2.45, 2.75) is 5.03 Å². The molecule has 8 heteroatoms. The number of nitrogens with zero attached hydrogens (tertiary/aromatic N) is 2. The molecule has 0 radical (unpaired) electrons. The minimum Gasteiger partial charge on any atom is -0.321 e. The van der Waals surface area contributed by atoms with Crippen molar-refractivity contribution >= 4 is 21.5 Å². The largest absolute Gasteiger partial charge is 0.321 e. The molecule has 2 heterocycles. The van der Waals surface area contributed by atoms with Gasteiger partial charge in [0.1, 0.15) is 5.82 Å². The molecule has 0 atom stereocenters. The Balaban J connectivity index is 2.37. The van der Waals surface area contributed by atoms with Gasteiger partial charge >= 0.3 is 0 Å². The van der Waals surface area contributed by atoms with Gasteiger partial charge in [0, 0.05) is 12.4 Å². The number of anilines is 2. The van der Waals surface area contributed by atoms with Crippen LogP contribution >= 0.6 is 0 Å². The van der Waals surface area contributed by atoms with E-state index in [1.165, 1.54) is 24.5 Å². The minimum atomic E-state index is -3.82. The molecule has 2 aromatic heterocycles. The third-order valence-corrected chi connectivity index (χ3v) is 3.40. The first-order valence-electron chi connectivity index (χ1n) is 4.99. The SMILES string of the molecule is NNc1cccnc1S(=O)(=O)Nc1ccccn1. The number of hydrogen-bond acceptors (Lipinski definition) is 6. The molecule has 7 nitrogen and oxygen atoms in total. The highest BCUT2D eigenvalue weighted by molar-refractivity contribution is 7.92. The number of pyridine rings is 2. The van der Waals surface area contributed by atoms with Crippen molar-refractivity contribution in [3.05, 3.63) is 42.7 Å². The van der Waals surface area contributed by atoms with Gasteiger partial charge in [0.15, 0.2) is 0 Å². The molecule has 18 heavy (non-hydrogen) atoms. The second kappa shape index (κ2) is 4.98. The second-order valence-corrected chi connectivity index (χ2v) is 4.92. The van der Waals surface area contributed by atoms with Gasteiger partial charge in [0.05, 0.1) is 5.69 Å². The van der Waals surface area contributed by atoms with Crippen LogP contribution in [0.15, 0.2) is 47.8 Å². The fraction of sp³-hybridized carbons (Fsp3) is 0. The van der Waals surface area contributed by atoms with Gasteiger partial charge < -0.3 is 5.43 Å². The number of nitrogen functional groups attached to an aromatic ring is 1. The van der Waals surface area contributed by atoms with E-state index in [0.29, 0.717) is 0 Å². The summed E-state index contributed by atoms with van der Waals surface area (Å²) in [6.45, 7) is 0. The predicted molar refractivity (Wildman–Crippen MR) is 67.1 cm³/mol. The summed E-state index contributed by atoms with van der Waals surface area (Å²) in [6.07, 6.45) is 2.85. The van der Waals surface area contributed by atoms with E-state index in [9.17, 15) is 8.42 Å². The lowest BCUT2D eigenvalue weighted by Crippen LogP contribution is -2.19. The predicted octanol–water partition coefficient (Wildman–Crippen LogP) is 0.563. The molecule has 0 saturated carbocycles. The summed E-state index contributed by atoms with van der Waals surface area (Å²) in [5, 5.41) is -0.182. The summed E-state index contributed by atoms with van der Waals surface area (Å²) in [7, 11) is -3.82. The zero-order valence-corrected chi connectivity index (χ0v) is 10.1. The number of nitrogens with one attached hydrogen (secondary N) is 2. The monoisotopic (exact) mass is 265 g/mol. The van der Waals surface area contributed by atoms with Crippen LogP contribution < -0.4 is 16.0 Å². The van der Waals surface area contributed by atoms with Gasteiger partial charge in [-0.25, -0.2) is 9.97 Å². The zero-order valence-electron chi connectivity index (χ0n) is 9.24. The number of hydrazine groups is 1. The van der Waals surface area contributed by atoms with Crippen molar-refractivity contribution in [2.24, 2.45) is 5.84 Å². The molecule has 0 bridgehead atoms. The van der Waals surface area contributed by atoms with E-state index in [1.54, 1.807) is 18.2 Å². The lowest BCUT2D eigenvalue weighted by molar-refractivity contribution is 0.597. The number of rotatable bonds is 4. The van der Waals surface area contributed by atoms with Crippen molar-refractivity contribution in [3.8, 4) is 0 Å². The zero-order chi connectivity index (χ0) is 13.0. The fourth-order valence-electron chi connectivity index (χ4n) is 1.32. The lowest BCUT2D eigenvalue weighted by atomic mass is 10.4. The summed E-state index contributed by atoms with van der Waals surface area (Å²) in [4.78, 5) is 7.67. The van der Waals surface area contributed by atoms with E-state index in [1.807, 2.05) is 0 Å². The van der Waals surface area contributed by atoms with Gasteiger partial charge in [0.2, 0.25) is 5.03 Å². The molecule has 4 N–H and O–H groups in total. The topological polar surface area (TPSA) is 110 Å². The molecule has 2 aromatic rings. The molecule has 0 fully saturated rings. The van der Waals surface area contributed by atoms with Crippen molar-refractivity contribution < 1.29 is 8.42 Å². The van der Waals surface area contributed by atoms with Crippen molar-refractivity contribution in [1.82, 2.24) is 9.97 Å². The third kappa shape index (κ3) is 2.55. The van der Waals surface area contributed by atoms with Gasteiger partial charge in [0.25, 0.3) is 10.0 Å². The van der Waals surface area contributed by atoms with Crippen LogP contribution in [0.3, 0.4) is 0 Å². The highest BCUT2D eigenvalue weighted by Crippen LogP contribution is 2.19. The van der Waals surface area contributed by atoms with Crippen LogP contribution in [-0.2, 0) is 10.0 Å². The molecule has 94 valence electrons. The standard InChI is InChI=1S/C10H11N5O2S/c11-14-8-4-3-7-13-10(8)18(16,17)15-9-5-1-2-6-12-9/h1-7,14H,11H2,(H,12,15). The van der Waals surface area contributed by atoms with Crippen molar-refractivity contribution in [1.29, 1.82) is 0 Å². The van der Waals surface area contributed by atoms with Crippen LogP contribution in [0.25, 0.3) is 0 Å². The molecule has 2 rings (SSSR count). The number of sulfonamides is 1. The van der Waals surface area contributed by atoms with Gasteiger partial charge in [-0.1, -0.05) is 6.07 Å². The Hall–Kier alpha value is -2.19. The highest BCUT2D eigenvalue weighted by Gasteiger charge is 2.20. The third-order valence-electron chi connectivity index (χ3n) is 2.09. The summed E-state index contributed by atoms with van der Waals surface area (Å²) in [5.74, 6) is 5.46. The van der Waals surface area contributed by atoms with Crippen LogP contribution in [0, 0.1) is 0 Å². The van der Waals surface area contributed by atoms with Gasteiger partial charge in [-0.2, -0.15) is 8.42 Å². The first-order valence-corrected chi connectivity index (χ1v) is 6.47. The Labute approximate surface area is 104 Å². The Morgan fingerprint density at radius 3 is 2.50 bits per heavy atom. The van der Waals surface area contributed by atoms with Gasteiger partial charge in [-0.3, -0.25) is 10.6 Å². The summed E-state index contributed by atoms with van der Waals surface area (Å²) < 4.78 is 26.5. The highest BCUT2D eigenvalue weighted by atomic mass is 32.2. The fourth-order valence-corrected chi connectivity index (χ4v) is 2.43. The molecule has 0 unspecified atom stereocenters. The summed E-state index contributed by atoms with van der Waals surface area (Å²) >= 11 is 0. The average molecular weight is 265 g/mol. The number of hydrogen-bond donors (Lipinski definition) is 3. The Morgan fingerprint density at radius 2 is 1.83 bits per heavy atom. The smallest absolute Gasteiger partial charge is 0.282 e. The number of nitrogens with two attached hydrogens (primary N) is 1. The Morgan fingerprint density at radius 1 is 1.06 bits per heavy atom. The van der Waals surface area contributed by atoms with E-state index < -0.39 is 10.0 Å². The first kappa shape index (κ1) is 12.3. The van der Waals surface area contributed by atoms with E-state index in [2.05, 4.69) is 20.1 Å². The maximum Gasteiger partial charge on any atom is 0.282 e. The second-order valence-electron chi connectivity index (χ2n) is 3.32. The van der Waals surface area contributed by atoms with Crippen LogP contribution in [-0.4, -0.2) is 18.4 Å². The van der Waals surface area contributed by atoms with Crippen LogP contribution in [0.5, 0.6) is 0 Å². The number of aromatic nitrogens is 2. The molecule has 0 spiro atoms. The molecule has 0 aliphatic heterocycles. The Bertz CT molecular complexity index is 630. The van der Waals surface area contributed by atoms with Gasteiger partial charge in [-0.05, 0) is 24.3 Å². The van der Waals surface area contributed by atoms with Crippen LogP contribution in [0.4, 0.5) is 11.5 Å². The molecule has 0 aliphatic rings. The normalized spacial score (nSPS) is 10.9. The maximum absolute atomic E-state index is 12.1. The molecule has 0 amide bonds. The van der Waals surface area contributed by atoms with E-state index in [-0.39, 0.29) is 16.5 Å². The molecule has 0 saturated heterocycles. The Kier molecular flexibility index (Phi) is 3.40. The van der Waals surface area contributed by atoms with E-state index in [0.717, 1.165) is 0 Å². The minimum absolute atomic E-state index is 0.182. The van der Waals surface area contributed by atoms with Crippen molar-refractivity contribution in [2.75, 3.05) is 10.1 Å².